The fourth-order valence-electron chi connectivity index (χ4n) is 3.74. The Balaban J connectivity index is 1.58. The van der Waals surface area contributed by atoms with Gasteiger partial charge in [0, 0.05) is 35.9 Å². The molecular weight excluding hydrogens is 519 g/mol. The Bertz CT molecular complexity index is 1560. The molecule has 4 rings (SSSR count). The van der Waals surface area contributed by atoms with Crippen molar-refractivity contribution < 1.29 is 31.2 Å². The van der Waals surface area contributed by atoms with Crippen LogP contribution in [0.4, 0.5) is 18.9 Å². The number of hydrogen-bond donors (Lipinski definition) is 2. The first kappa shape index (κ1) is 26.8. The number of benzene rings is 3. The highest BCUT2D eigenvalue weighted by molar-refractivity contribution is 7.90. The summed E-state index contributed by atoms with van der Waals surface area (Å²) in [4.78, 5) is 25.1. The van der Waals surface area contributed by atoms with Crippen LogP contribution in [-0.2, 0) is 16.2 Å². The third-order valence-electron chi connectivity index (χ3n) is 5.66. The monoisotopic (exact) mass is 541 g/mol. The smallest absolute Gasteiger partial charge is 0.381 e. The summed E-state index contributed by atoms with van der Waals surface area (Å²) in [7, 11) is -4.21. The van der Waals surface area contributed by atoms with Crippen LogP contribution in [0.25, 0.3) is 0 Å². The van der Waals surface area contributed by atoms with E-state index in [4.69, 9.17) is 0 Å². The van der Waals surface area contributed by atoms with Gasteiger partial charge >= 0.3 is 6.18 Å². The summed E-state index contributed by atoms with van der Waals surface area (Å²) < 4.78 is 69.2. The lowest BCUT2D eigenvalue weighted by molar-refractivity contribution is -0.137. The predicted octanol–water partition coefficient (Wildman–Crippen LogP) is 5.16. The van der Waals surface area contributed by atoms with E-state index in [0.717, 1.165) is 23.8 Å². The van der Waals surface area contributed by atoms with Crippen LogP contribution in [0, 0.1) is 6.92 Å². The molecular formula is C27H22F3N3O4S. The molecule has 196 valence electrons. The number of rotatable bonds is 7. The third kappa shape index (κ3) is 6.17. The molecule has 3 aromatic carbocycles. The Morgan fingerprint density at radius 2 is 1.61 bits per heavy atom. The van der Waals surface area contributed by atoms with Crippen LogP contribution in [-0.4, -0.2) is 32.4 Å². The van der Waals surface area contributed by atoms with Crippen molar-refractivity contribution in [1.82, 2.24) is 5.32 Å². The highest BCUT2D eigenvalue weighted by Gasteiger charge is 2.30. The van der Waals surface area contributed by atoms with E-state index in [0.29, 0.717) is 0 Å². The number of nitrogens with one attached hydrogen (secondary N) is 2. The Labute approximate surface area is 217 Å². The van der Waals surface area contributed by atoms with Gasteiger partial charge < -0.3 is 10.6 Å². The van der Waals surface area contributed by atoms with Crippen LogP contribution in [0.5, 0.6) is 0 Å². The van der Waals surface area contributed by atoms with Crippen LogP contribution in [0.1, 0.15) is 38.3 Å². The number of carbonyl (C=O) groups is 2. The fourth-order valence-corrected chi connectivity index (χ4v) is 4.75. The quantitative estimate of drug-likeness (QED) is 0.317. The lowest BCUT2D eigenvalue weighted by atomic mass is 9.93. The molecule has 0 saturated heterocycles. The second-order valence-corrected chi connectivity index (χ2v) is 10.1. The maximum atomic E-state index is 13.2. The molecule has 11 heteroatoms. The van der Waals surface area contributed by atoms with Crippen molar-refractivity contribution in [2.24, 2.45) is 4.40 Å². The van der Waals surface area contributed by atoms with Crippen molar-refractivity contribution in [1.29, 1.82) is 0 Å². The number of carbonyl (C=O) groups excluding carboxylic acids is 2. The maximum absolute atomic E-state index is 13.2. The zero-order chi connectivity index (χ0) is 27.5. The number of hydrogen-bond acceptors (Lipinski definition) is 5. The Hall–Kier alpha value is -4.25. The summed E-state index contributed by atoms with van der Waals surface area (Å²) in [6, 6.07) is 16.6. The summed E-state index contributed by atoms with van der Waals surface area (Å²) in [5.41, 5.74) is 0.432. The minimum atomic E-state index is -4.60. The first-order valence-corrected chi connectivity index (χ1v) is 12.9. The highest BCUT2D eigenvalue weighted by Crippen LogP contribution is 2.31. The lowest BCUT2D eigenvalue weighted by Gasteiger charge is -2.17. The van der Waals surface area contributed by atoms with Crippen LogP contribution in [0.2, 0.25) is 0 Å². The molecule has 0 aliphatic heterocycles. The normalized spacial score (nSPS) is 14.1. The van der Waals surface area contributed by atoms with E-state index < -0.39 is 27.5 Å². The van der Waals surface area contributed by atoms with Gasteiger partial charge in [-0.2, -0.15) is 21.6 Å². The average molecular weight is 542 g/mol. The average Bonchev–Trinajstić information content (AvgIpc) is 2.86. The van der Waals surface area contributed by atoms with Crippen molar-refractivity contribution in [2.45, 2.75) is 24.4 Å². The van der Waals surface area contributed by atoms with E-state index in [1.54, 1.807) is 37.3 Å². The first-order valence-electron chi connectivity index (χ1n) is 11.4. The van der Waals surface area contributed by atoms with E-state index in [1.807, 2.05) is 0 Å². The minimum Gasteiger partial charge on any atom is -0.381 e. The summed E-state index contributed by atoms with van der Waals surface area (Å²) in [6.45, 7) is 1.75. The summed E-state index contributed by atoms with van der Waals surface area (Å²) in [5, 5.41) is 5.48. The van der Waals surface area contributed by atoms with Crippen LogP contribution >= 0.6 is 0 Å². The minimum absolute atomic E-state index is 0.0188. The maximum Gasteiger partial charge on any atom is 0.416 e. The van der Waals surface area contributed by atoms with Gasteiger partial charge in [0.05, 0.1) is 16.2 Å². The topological polar surface area (TPSA) is 105 Å². The largest absolute Gasteiger partial charge is 0.416 e. The predicted molar refractivity (Wildman–Crippen MR) is 137 cm³/mol. The van der Waals surface area contributed by atoms with E-state index in [9.17, 15) is 31.2 Å². The van der Waals surface area contributed by atoms with E-state index in [1.165, 1.54) is 30.3 Å². The van der Waals surface area contributed by atoms with Gasteiger partial charge in [-0.15, -0.1) is 4.40 Å². The summed E-state index contributed by atoms with van der Waals surface area (Å²) in [5.74, 6) is -0.926. The molecule has 0 unspecified atom stereocenters. The van der Waals surface area contributed by atoms with Gasteiger partial charge in [-0.05, 0) is 37.3 Å². The van der Waals surface area contributed by atoms with Gasteiger partial charge in [0.2, 0.25) is 5.78 Å². The Morgan fingerprint density at radius 1 is 0.921 bits per heavy atom. The summed E-state index contributed by atoms with van der Waals surface area (Å²) in [6.07, 6.45) is -3.56. The van der Waals surface area contributed by atoms with E-state index in [2.05, 4.69) is 15.0 Å². The SMILES string of the molecule is Cc1ccc(S(=O)(=O)N=C(CCNC2=CC(=O)c3ccccc3C2=O)Nc2cccc(C(F)(F)F)c2)cc1. The molecule has 0 fully saturated rings. The number of halogens is 3. The number of Topliss-reactive ketones (excluding diaryl/α,β-unsaturated/α-hetero) is 1. The van der Waals surface area contributed by atoms with Gasteiger partial charge in [-0.1, -0.05) is 48.0 Å². The molecule has 0 saturated carbocycles. The number of nitrogens with zero attached hydrogens (tertiary/aromatic N) is 1. The lowest BCUT2D eigenvalue weighted by Crippen LogP contribution is -2.29. The van der Waals surface area contributed by atoms with E-state index in [-0.39, 0.29) is 52.0 Å². The molecule has 0 heterocycles. The Morgan fingerprint density at radius 3 is 2.29 bits per heavy atom. The molecule has 0 amide bonds. The second kappa shape index (κ2) is 10.6. The zero-order valence-electron chi connectivity index (χ0n) is 20.0. The van der Waals surface area contributed by atoms with Gasteiger partial charge in [0.15, 0.2) is 5.78 Å². The van der Waals surface area contributed by atoms with Gasteiger partial charge in [-0.25, -0.2) is 0 Å². The van der Waals surface area contributed by atoms with Gasteiger partial charge in [0.25, 0.3) is 10.0 Å². The van der Waals surface area contributed by atoms with Crippen LogP contribution < -0.4 is 10.6 Å². The highest BCUT2D eigenvalue weighted by atomic mass is 32.2. The Kier molecular flexibility index (Phi) is 7.49. The second-order valence-electron chi connectivity index (χ2n) is 8.50. The molecule has 1 aliphatic carbocycles. The summed E-state index contributed by atoms with van der Waals surface area (Å²) >= 11 is 0. The first-order chi connectivity index (χ1) is 17.9. The van der Waals surface area contributed by atoms with Crippen molar-refractivity contribution >= 4 is 33.1 Å². The van der Waals surface area contributed by atoms with Gasteiger partial charge in [-0.3, -0.25) is 9.59 Å². The molecule has 7 nitrogen and oxygen atoms in total. The number of sulfonamides is 1. The molecule has 2 N–H and O–H groups in total. The van der Waals surface area contributed by atoms with Crippen molar-refractivity contribution in [3.8, 4) is 0 Å². The number of allylic oxidation sites excluding steroid dienone is 2. The molecule has 0 atom stereocenters. The number of anilines is 1. The molecule has 1 aliphatic rings. The number of fused-ring (bicyclic) bond motifs is 1. The number of alkyl halides is 3. The zero-order valence-corrected chi connectivity index (χ0v) is 20.9. The molecule has 0 aromatic heterocycles. The molecule has 0 bridgehead atoms. The fraction of sp³-hybridized carbons (Fsp3) is 0.148. The number of aryl methyl sites for hydroxylation is 1. The van der Waals surface area contributed by atoms with Crippen LogP contribution in [0.3, 0.4) is 0 Å². The molecule has 0 spiro atoms. The van der Waals surface area contributed by atoms with E-state index >= 15 is 0 Å². The third-order valence-corrected chi connectivity index (χ3v) is 6.99. The van der Waals surface area contributed by atoms with Crippen LogP contribution in [0.15, 0.2) is 93.9 Å². The van der Waals surface area contributed by atoms with Crippen molar-refractivity contribution in [3.05, 3.63) is 107 Å². The number of ketones is 2. The molecule has 3 aromatic rings. The standard InChI is InChI=1S/C27H22F3N3O4S/c1-17-9-11-20(12-10-17)38(36,37)33-25(32-19-6-4-5-18(15-19)27(28,29)30)13-14-31-23-16-24(34)21-7-2-3-8-22(21)26(23)35/h2-12,15-16,31H,13-14H2,1H3,(H,32,33). The van der Waals surface area contributed by atoms with Gasteiger partial charge in [0.1, 0.15) is 5.84 Å². The number of amidine groups is 1. The molecule has 38 heavy (non-hydrogen) atoms. The van der Waals surface area contributed by atoms with Crippen molar-refractivity contribution in [3.63, 3.8) is 0 Å². The molecule has 0 radical (unpaired) electrons. The van der Waals surface area contributed by atoms with Crippen molar-refractivity contribution in [2.75, 3.05) is 11.9 Å².